The van der Waals surface area contributed by atoms with E-state index in [1.54, 1.807) is 0 Å². The highest BCUT2D eigenvalue weighted by atomic mass is 19.3. The lowest BCUT2D eigenvalue weighted by Crippen LogP contribution is -2.46. The van der Waals surface area contributed by atoms with Crippen molar-refractivity contribution in [3.8, 4) is 0 Å². The van der Waals surface area contributed by atoms with Crippen LogP contribution < -0.4 is 0 Å². The van der Waals surface area contributed by atoms with Crippen LogP contribution in [-0.2, 0) is 0 Å². The number of halogens is 6. The second-order valence-electron chi connectivity index (χ2n) is 2.23. The molecule has 0 heterocycles. The zero-order chi connectivity index (χ0) is 9.99. The zero-order valence-electron chi connectivity index (χ0n) is 5.97. The van der Waals surface area contributed by atoms with Crippen LogP contribution in [0.2, 0.25) is 0 Å². The van der Waals surface area contributed by atoms with Gasteiger partial charge in [-0.2, -0.15) is 17.6 Å². The van der Waals surface area contributed by atoms with Gasteiger partial charge in [0.25, 0.3) is 0 Å². The maximum atomic E-state index is 12.2. The molecule has 0 N–H and O–H groups in total. The Bertz CT molecular complexity index is 141. The molecule has 0 rings (SSSR count). The number of hydrogen-bond donors (Lipinski definition) is 0. The van der Waals surface area contributed by atoms with E-state index < -0.39 is 31.1 Å². The quantitative estimate of drug-likeness (QED) is 0.601. The van der Waals surface area contributed by atoms with Crippen LogP contribution in [-0.4, -0.2) is 18.3 Å². The van der Waals surface area contributed by atoms with Crippen molar-refractivity contribution in [2.24, 2.45) is 0 Å². The summed E-state index contributed by atoms with van der Waals surface area (Å²) in [5, 5.41) is 0. The fourth-order valence-corrected chi connectivity index (χ4v) is 0.548. The Kier molecular flexibility index (Phi) is 3.41. The fourth-order valence-electron chi connectivity index (χ4n) is 0.548. The second kappa shape index (κ2) is 3.53. The number of hydrogen-bond acceptors (Lipinski definition) is 0. The Labute approximate surface area is 65.6 Å². The van der Waals surface area contributed by atoms with Crippen molar-refractivity contribution in [2.45, 2.75) is 31.1 Å². The predicted molar refractivity (Wildman–Crippen MR) is 30.5 cm³/mol. The van der Waals surface area contributed by atoms with Crippen molar-refractivity contribution in [2.75, 3.05) is 0 Å². The molecule has 0 amide bonds. The standard InChI is InChI=1S/C6H7F6/c1-2-3-5(9,10)6(11,12)4(7)8/h4H,1-3H2. The van der Waals surface area contributed by atoms with Gasteiger partial charge in [-0.3, -0.25) is 0 Å². The highest BCUT2D eigenvalue weighted by Crippen LogP contribution is 2.41. The molecule has 0 aromatic carbocycles. The van der Waals surface area contributed by atoms with Gasteiger partial charge in [-0.15, -0.1) is 0 Å². The summed E-state index contributed by atoms with van der Waals surface area (Å²) in [4.78, 5) is 0. The van der Waals surface area contributed by atoms with Gasteiger partial charge in [-0.1, -0.05) is 6.92 Å². The first-order valence-electron chi connectivity index (χ1n) is 3.08. The molecule has 0 aromatic rings. The molecular formula is C6H7F6. The molecule has 0 fully saturated rings. The number of rotatable bonds is 4. The molecule has 0 aliphatic heterocycles. The summed E-state index contributed by atoms with van der Waals surface area (Å²) in [6, 6.07) is 0. The van der Waals surface area contributed by atoms with Crippen LogP contribution in [0, 0.1) is 6.92 Å². The molecule has 0 unspecified atom stereocenters. The Morgan fingerprint density at radius 2 is 1.50 bits per heavy atom. The van der Waals surface area contributed by atoms with Gasteiger partial charge in [0.1, 0.15) is 0 Å². The average molecular weight is 193 g/mol. The van der Waals surface area contributed by atoms with Crippen molar-refractivity contribution >= 4 is 0 Å². The van der Waals surface area contributed by atoms with E-state index in [2.05, 4.69) is 6.92 Å². The van der Waals surface area contributed by atoms with Gasteiger partial charge in [-0.25, -0.2) is 8.78 Å². The molecular weight excluding hydrogens is 186 g/mol. The van der Waals surface area contributed by atoms with Gasteiger partial charge < -0.3 is 0 Å². The molecule has 0 saturated heterocycles. The first-order chi connectivity index (χ1) is 5.25. The smallest absolute Gasteiger partial charge is 0.203 e. The molecule has 0 aromatic heterocycles. The minimum absolute atomic E-state index is 0.519. The van der Waals surface area contributed by atoms with Crippen molar-refractivity contribution in [1.82, 2.24) is 0 Å². The molecule has 1 radical (unpaired) electrons. The third-order valence-corrected chi connectivity index (χ3v) is 1.25. The molecule has 0 aliphatic carbocycles. The Morgan fingerprint density at radius 3 is 1.75 bits per heavy atom. The van der Waals surface area contributed by atoms with Crippen LogP contribution >= 0.6 is 0 Å². The van der Waals surface area contributed by atoms with E-state index in [0.29, 0.717) is 0 Å². The summed E-state index contributed by atoms with van der Waals surface area (Å²) in [5.74, 6) is -9.94. The zero-order valence-corrected chi connectivity index (χ0v) is 5.97. The first kappa shape index (κ1) is 11.6. The van der Waals surface area contributed by atoms with Gasteiger partial charge in [0.2, 0.25) is 0 Å². The molecule has 0 spiro atoms. The van der Waals surface area contributed by atoms with Gasteiger partial charge in [0.05, 0.1) is 0 Å². The van der Waals surface area contributed by atoms with Crippen LogP contribution in [0.4, 0.5) is 26.3 Å². The first-order valence-corrected chi connectivity index (χ1v) is 3.08. The van der Waals surface area contributed by atoms with Gasteiger partial charge in [0, 0.05) is 6.42 Å². The van der Waals surface area contributed by atoms with Crippen molar-refractivity contribution in [3.63, 3.8) is 0 Å². The van der Waals surface area contributed by atoms with E-state index in [4.69, 9.17) is 0 Å². The highest BCUT2D eigenvalue weighted by molar-refractivity contribution is 4.86. The van der Waals surface area contributed by atoms with Crippen molar-refractivity contribution < 1.29 is 26.3 Å². The normalized spacial score (nSPS) is 14.0. The van der Waals surface area contributed by atoms with Crippen LogP contribution in [0.1, 0.15) is 12.8 Å². The molecule has 0 nitrogen and oxygen atoms in total. The van der Waals surface area contributed by atoms with Crippen LogP contribution in [0.25, 0.3) is 0 Å². The largest absolute Gasteiger partial charge is 0.369 e. The molecule has 73 valence electrons. The van der Waals surface area contributed by atoms with E-state index in [1.807, 2.05) is 0 Å². The molecule has 12 heavy (non-hydrogen) atoms. The predicted octanol–water partition coefficient (Wildman–Crippen LogP) is 3.14. The third kappa shape index (κ3) is 2.04. The lowest BCUT2D eigenvalue weighted by Gasteiger charge is -2.25. The van der Waals surface area contributed by atoms with Crippen LogP contribution in [0.5, 0.6) is 0 Å². The molecule has 0 atom stereocenters. The minimum Gasteiger partial charge on any atom is -0.203 e. The van der Waals surface area contributed by atoms with Gasteiger partial charge >= 0.3 is 18.3 Å². The van der Waals surface area contributed by atoms with E-state index >= 15 is 0 Å². The van der Waals surface area contributed by atoms with Gasteiger partial charge in [0.15, 0.2) is 0 Å². The summed E-state index contributed by atoms with van der Waals surface area (Å²) in [6.45, 7) is 2.89. The lowest BCUT2D eigenvalue weighted by molar-refractivity contribution is -0.265. The summed E-state index contributed by atoms with van der Waals surface area (Å²) >= 11 is 0. The summed E-state index contributed by atoms with van der Waals surface area (Å²) < 4.78 is 71.1. The minimum atomic E-state index is -5.26. The Hall–Kier alpha value is -0.420. The Morgan fingerprint density at radius 1 is 1.08 bits per heavy atom. The maximum absolute atomic E-state index is 12.2. The van der Waals surface area contributed by atoms with E-state index in [0.717, 1.165) is 0 Å². The molecule has 0 aliphatic rings. The Balaban J connectivity index is 4.50. The van der Waals surface area contributed by atoms with E-state index in [9.17, 15) is 26.3 Å². The topological polar surface area (TPSA) is 0 Å². The number of alkyl halides is 6. The molecule has 0 saturated carbocycles. The summed E-state index contributed by atoms with van der Waals surface area (Å²) in [6.07, 6.45) is -6.21. The van der Waals surface area contributed by atoms with E-state index in [1.165, 1.54) is 0 Å². The SMILES string of the molecule is [CH2]CCC(F)(F)C(F)(F)C(F)F. The van der Waals surface area contributed by atoms with Gasteiger partial charge in [-0.05, 0) is 6.42 Å². The monoisotopic (exact) mass is 193 g/mol. The summed E-state index contributed by atoms with van der Waals surface area (Å²) in [7, 11) is 0. The van der Waals surface area contributed by atoms with Crippen LogP contribution in [0.15, 0.2) is 0 Å². The van der Waals surface area contributed by atoms with Crippen molar-refractivity contribution in [1.29, 1.82) is 0 Å². The second-order valence-corrected chi connectivity index (χ2v) is 2.23. The third-order valence-electron chi connectivity index (χ3n) is 1.25. The molecule has 0 bridgehead atoms. The maximum Gasteiger partial charge on any atom is 0.369 e. The fraction of sp³-hybridized carbons (Fsp3) is 0.833. The highest BCUT2D eigenvalue weighted by Gasteiger charge is 2.61. The summed E-state index contributed by atoms with van der Waals surface area (Å²) in [5.41, 5.74) is 0. The van der Waals surface area contributed by atoms with E-state index in [-0.39, 0.29) is 0 Å². The van der Waals surface area contributed by atoms with Crippen LogP contribution in [0.3, 0.4) is 0 Å². The van der Waals surface area contributed by atoms with Crippen molar-refractivity contribution in [3.05, 3.63) is 6.92 Å². The molecule has 6 heteroatoms. The lowest BCUT2D eigenvalue weighted by atomic mass is 10.1. The average Bonchev–Trinajstić information content (AvgIpc) is 1.86.